The lowest BCUT2D eigenvalue weighted by molar-refractivity contribution is -0.116. The van der Waals surface area contributed by atoms with Crippen molar-refractivity contribution in [3.63, 3.8) is 0 Å². The second-order valence-corrected chi connectivity index (χ2v) is 4.86. The van der Waals surface area contributed by atoms with Crippen molar-refractivity contribution in [3.05, 3.63) is 27.3 Å². The summed E-state index contributed by atoms with van der Waals surface area (Å²) in [5.41, 5.74) is 1.11. The fourth-order valence-corrected chi connectivity index (χ4v) is 2.81. The molecule has 3 heteroatoms. The van der Waals surface area contributed by atoms with E-state index in [2.05, 4.69) is 41.0 Å². The van der Waals surface area contributed by atoms with E-state index in [0.717, 1.165) is 5.56 Å². The minimum atomic E-state index is 0.215. The summed E-state index contributed by atoms with van der Waals surface area (Å²) in [6.07, 6.45) is 2.60. The Morgan fingerprint density at radius 1 is 1.54 bits per heavy atom. The zero-order chi connectivity index (χ0) is 9.84. The summed E-state index contributed by atoms with van der Waals surface area (Å²) in [5.74, 6) is 0.215. The Hall–Kier alpha value is -0.0300. The van der Waals surface area contributed by atoms with E-state index < -0.39 is 0 Å². The molecule has 0 saturated carbocycles. The number of hydrogen-bond acceptors (Lipinski definition) is 2. The number of rotatable bonds is 3. The van der Waals surface area contributed by atoms with Crippen molar-refractivity contribution in [1.82, 2.24) is 0 Å². The molecule has 0 N–H and O–H groups in total. The molecule has 0 atom stereocenters. The van der Waals surface area contributed by atoms with Crippen LogP contribution in [0.3, 0.4) is 0 Å². The third-order valence-corrected chi connectivity index (χ3v) is 3.72. The lowest BCUT2D eigenvalue weighted by Crippen LogP contribution is -1.96. The average Bonchev–Trinajstić information content (AvgIpc) is 2.03. The highest BCUT2D eigenvalue weighted by atomic mass is 127. The molecule has 0 heterocycles. The van der Waals surface area contributed by atoms with Gasteiger partial charge in [-0.2, -0.15) is 0 Å². The summed E-state index contributed by atoms with van der Waals surface area (Å²) in [7, 11) is 0. The zero-order valence-electron chi connectivity index (χ0n) is 7.63. The molecule has 0 saturated heterocycles. The third kappa shape index (κ3) is 3.31. The topological polar surface area (TPSA) is 17.1 Å². The van der Waals surface area contributed by atoms with Crippen LogP contribution < -0.4 is 0 Å². The Morgan fingerprint density at radius 2 is 2.23 bits per heavy atom. The number of carbonyl (C=O) groups is 1. The molecule has 0 unspecified atom stereocenters. The molecule has 0 spiro atoms. The maximum atomic E-state index is 10.9. The summed E-state index contributed by atoms with van der Waals surface area (Å²) in [4.78, 5) is 12.1. The van der Waals surface area contributed by atoms with Gasteiger partial charge < -0.3 is 0 Å². The quantitative estimate of drug-likeness (QED) is 0.630. The number of Topliss-reactive ketones (excluding diaryl/α,β-unsaturated/α-hetero) is 1. The van der Waals surface area contributed by atoms with Crippen LogP contribution in [-0.2, 0) is 11.2 Å². The van der Waals surface area contributed by atoms with Crippen molar-refractivity contribution in [1.29, 1.82) is 0 Å². The Bertz CT molecular complexity index is 323. The van der Waals surface area contributed by atoms with E-state index in [4.69, 9.17) is 0 Å². The van der Waals surface area contributed by atoms with Gasteiger partial charge in [-0.1, -0.05) is 6.07 Å². The second-order valence-electron chi connectivity index (χ2n) is 2.85. The SMILES string of the molecule is CSc1ccc(CC(C)=O)cc1I. The Morgan fingerprint density at radius 3 is 2.69 bits per heavy atom. The van der Waals surface area contributed by atoms with E-state index >= 15 is 0 Å². The molecule has 1 aromatic rings. The van der Waals surface area contributed by atoms with Crippen LogP contribution in [0.15, 0.2) is 23.1 Å². The minimum absolute atomic E-state index is 0.215. The van der Waals surface area contributed by atoms with Gasteiger partial charge in [0.05, 0.1) is 0 Å². The summed E-state index contributed by atoms with van der Waals surface area (Å²) >= 11 is 4.03. The van der Waals surface area contributed by atoms with Crippen LogP contribution in [-0.4, -0.2) is 12.0 Å². The van der Waals surface area contributed by atoms with Crippen molar-refractivity contribution in [2.45, 2.75) is 18.2 Å². The van der Waals surface area contributed by atoms with Gasteiger partial charge in [0.15, 0.2) is 0 Å². The van der Waals surface area contributed by atoms with Gasteiger partial charge in [0, 0.05) is 14.9 Å². The van der Waals surface area contributed by atoms with Gasteiger partial charge in [-0.3, -0.25) is 4.79 Å². The van der Waals surface area contributed by atoms with E-state index in [-0.39, 0.29) is 5.78 Å². The van der Waals surface area contributed by atoms with Crippen molar-refractivity contribution >= 4 is 40.1 Å². The van der Waals surface area contributed by atoms with Crippen molar-refractivity contribution < 1.29 is 4.79 Å². The fraction of sp³-hybridized carbons (Fsp3) is 0.300. The molecule has 0 radical (unpaired) electrons. The first-order valence-electron chi connectivity index (χ1n) is 3.95. The fourth-order valence-electron chi connectivity index (χ4n) is 1.11. The molecule has 13 heavy (non-hydrogen) atoms. The summed E-state index contributed by atoms with van der Waals surface area (Å²) < 4.78 is 1.23. The summed E-state index contributed by atoms with van der Waals surface area (Å²) in [6, 6.07) is 6.17. The van der Waals surface area contributed by atoms with Crippen LogP contribution >= 0.6 is 34.4 Å². The standard InChI is InChI=1S/C10H11IOS/c1-7(12)5-8-3-4-10(13-2)9(11)6-8/h3-4,6H,5H2,1-2H3. The van der Waals surface area contributed by atoms with E-state index in [1.807, 2.05) is 6.07 Å². The van der Waals surface area contributed by atoms with E-state index in [1.54, 1.807) is 18.7 Å². The highest BCUT2D eigenvalue weighted by Gasteiger charge is 2.01. The predicted octanol–water partition coefficient (Wildman–Crippen LogP) is 3.14. The van der Waals surface area contributed by atoms with E-state index in [1.165, 1.54) is 8.47 Å². The van der Waals surface area contributed by atoms with Gasteiger partial charge in [-0.25, -0.2) is 0 Å². The molecule has 1 nitrogen and oxygen atoms in total. The van der Waals surface area contributed by atoms with Gasteiger partial charge in [0.25, 0.3) is 0 Å². The molecule has 0 aliphatic carbocycles. The summed E-state index contributed by atoms with van der Waals surface area (Å²) in [6.45, 7) is 1.62. The van der Waals surface area contributed by atoms with Gasteiger partial charge in [-0.05, 0) is 53.5 Å². The number of thioether (sulfide) groups is 1. The second kappa shape index (κ2) is 5.00. The van der Waals surface area contributed by atoms with Crippen LogP contribution in [0.2, 0.25) is 0 Å². The maximum absolute atomic E-state index is 10.9. The smallest absolute Gasteiger partial charge is 0.134 e. The molecule has 0 fully saturated rings. The van der Waals surface area contributed by atoms with Crippen LogP contribution in [0.4, 0.5) is 0 Å². The number of carbonyl (C=O) groups excluding carboxylic acids is 1. The average molecular weight is 306 g/mol. The zero-order valence-corrected chi connectivity index (χ0v) is 10.6. The van der Waals surface area contributed by atoms with E-state index in [9.17, 15) is 4.79 Å². The predicted molar refractivity (Wildman–Crippen MR) is 65.3 cm³/mol. The van der Waals surface area contributed by atoms with Crippen LogP contribution in [0.25, 0.3) is 0 Å². The molecule has 1 rings (SSSR count). The van der Waals surface area contributed by atoms with Gasteiger partial charge >= 0.3 is 0 Å². The van der Waals surface area contributed by atoms with Gasteiger partial charge in [-0.15, -0.1) is 11.8 Å². The van der Waals surface area contributed by atoms with Gasteiger partial charge in [0.1, 0.15) is 5.78 Å². The Labute approximate surface area is 96.4 Å². The van der Waals surface area contributed by atoms with Crippen LogP contribution in [0.1, 0.15) is 12.5 Å². The first-order chi connectivity index (χ1) is 6.13. The number of ketones is 1. The first-order valence-corrected chi connectivity index (χ1v) is 6.25. The van der Waals surface area contributed by atoms with Crippen LogP contribution in [0, 0.1) is 3.57 Å². The molecular formula is C10H11IOS. The number of halogens is 1. The highest BCUT2D eigenvalue weighted by molar-refractivity contribution is 14.1. The van der Waals surface area contributed by atoms with Crippen molar-refractivity contribution in [2.24, 2.45) is 0 Å². The van der Waals surface area contributed by atoms with Gasteiger partial charge in [0.2, 0.25) is 0 Å². The molecule has 0 bridgehead atoms. The molecule has 0 aliphatic heterocycles. The van der Waals surface area contributed by atoms with Crippen LogP contribution in [0.5, 0.6) is 0 Å². The normalized spacial score (nSPS) is 10.1. The first kappa shape index (κ1) is 11.0. The molecule has 0 aliphatic rings. The maximum Gasteiger partial charge on any atom is 0.134 e. The molecular weight excluding hydrogens is 295 g/mol. The largest absolute Gasteiger partial charge is 0.300 e. The Kier molecular flexibility index (Phi) is 4.25. The van der Waals surface area contributed by atoms with Crippen molar-refractivity contribution in [2.75, 3.05) is 6.26 Å². The lowest BCUT2D eigenvalue weighted by Gasteiger charge is -2.03. The van der Waals surface area contributed by atoms with Crippen molar-refractivity contribution in [3.8, 4) is 0 Å². The molecule has 0 amide bonds. The van der Waals surface area contributed by atoms with E-state index in [0.29, 0.717) is 6.42 Å². The number of hydrogen-bond donors (Lipinski definition) is 0. The highest BCUT2D eigenvalue weighted by Crippen LogP contribution is 2.23. The third-order valence-electron chi connectivity index (χ3n) is 1.67. The summed E-state index contributed by atoms with van der Waals surface area (Å²) in [5, 5.41) is 0. The Balaban J connectivity index is 2.89. The molecule has 70 valence electrons. The minimum Gasteiger partial charge on any atom is -0.300 e. The number of benzene rings is 1. The monoisotopic (exact) mass is 306 g/mol. The lowest BCUT2D eigenvalue weighted by atomic mass is 10.1. The molecule has 1 aromatic carbocycles. The molecule has 0 aromatic heterocycles.